The molecule has 4 heteroatoms. The summed E-state index contributed by atoms with van der Waals surface area (Å²) in [6, 6.07) is 1.69. The third-order valence-electron chi connectivity index (χ3n) is 2.42. The molecule has 1 heterocycles. The maximum absolute atomic E-state index is 11.6. The number of nitriles is 1. The Labute approximate surface area is 84.9 Å². The zero-order valence-electron chi connectivity index (χ0n) is 8.62. The fraction of sp³-hybridized carbons (Fsp3) is 0.800. The van der Waals surface area contributed by atoms with Crippen molar-refractivity contribution in [3.05, 3.63) is 0 Å². The van der Waals surface area contributed by atoms with Gasteiger partial charge in [0.2, 0.25) is 0 Å². The van der Waals surface area contributed by atoms with Gasteiger partial charge in [0, 0.05) is 13.1 Å². The average Bonchev–Trinajstić information content (AvgIpc) is 2.69. The summed E-state index contributed by atoms with van der Waals surface area (Å²) < 4.78 is 0. The van der Waals surface area contributed by atoms with E-state index in [9.17, 15) is 4.79 Å². The minimum atomic E-state index is -0.326. The third kappa shape index (κ3) is 2.91. The monoisotopic (exact) mass is 195 g/mol. The number of hydrogen-bond donors (Lipinski definition) is 1. The second-order valence-corrected chi connectivity index (χ2v) is 3.61. The molecule has 1 N–H and O–H groups in total. The summed E-state index contributed by atoms with van der Waals surface area (Å²) in [6.07, 6.45) is 3.81. The van der Waals surface area contributed by atoms with E-state index in [-0.39, 0.29) is 12.1 Å². The number of nitrogens with zero attached hydrogens (tertiary/aromatic N) is 2. The fourth-order valence-corrected chi connectivity index (χ4v) is 1.62. The zero-order chi connectivity index (χ0) is 10.4. The van der Waals surface area contributed by atoms with Crippen molar-refractivity contribution in [2.24, 2.45) is 0 Å². The van der Waals surface area contributed by atoms with Crippen LogP contribution in [-0.4, -0.2) is 30.1 Å². The summed E-state index contributed by atoms with van der Waals surface area (Å²) in [5, 5.41) is 11.5. The van der Waals surface area contributed by atoms with E-state index in [2.05, 4.69) is 11.4 Å². The van der Waals surface area contributed by atoms with Crippen LogP contribution in [0.25, 0.3) is 0 Å². The highest BCUT2D eigenvalue weighted by molar-refractivity contribution is 5.75. The van der Waals surface area contributed by atoms with Crippen molar-refractivity contribution in [3.8, 4) is 6.07 Å². The molecule has 1 fully saturated rings. The predicted octanol–water partition coefficient (Wildman–Crippen LogP) is 1.48. The lowest BCUT2D eigenvalue weighted by atomic mass is 10.2. The van der Waals surface area contributed by atoms with E-state index in [4.69, 9.17) is 5.26 Å². The number of hydrogen-bond acceptors (Lipinski definition) is 2. The van der Waals surface area contributed by atoms with Crippen molar-refractivity contribution < 1.29 is 4.79 Å². The standard InChI is InChI=1S/C10H17N3O/c1-2-5-9(8-11)12-10(14)13-6-3-4-7-13/h9H,2-7H2,1H3,(H,12,14). The van der Waals surface area contributed by atoms with Crippen LogP contribution in [-0.2, 0) is 0 Å². The topological polar surface area (TPSA) is 56.1 Å². The van der Waals surface area contributed by atoms with Crippen molar-refractivity contribution in [3.63, 3.8) is 0 Å². The minimum absolute atomic E-state index is 0.0810. The van der Waals surface area contributed by atoms with Gasteiger partial charge >= 0.3 is 6.03 Å². The van der Waals surface area contributed by atoms with Gasteiger partial charge in [-0.05, 0) is 19.3 Å². The average molecular weight is 195 g/mol. The molecule has 1 rings (SSSR count). The van der Waals surface area contributed by atoms with Gasteiger partial charge in [-0.2, -0.15) is 5.26 Å². The van der Waals surface area contributed by atoms with Crippen LogP contribution in [0.3, 0.4) is 0 Å². The summed E-state index contributed by atoms with van der Waals surface area (Å²) >= 11 is 0. The van der Waals surface area contributed by atoms with Crippen LogP contribution in [0.2, 0.25) is 0 Å². The van der Waals surface area contributed by atoms with E-state index < -0.39 is 0 Å². The van der Waals surface area contributed by atoms with Crippen molar-refractivity contribution in [1.82, 2.24) is 10.2 Å². The molecular formula is C10H17N3O. The minimum Gasteiger partial charge on any atom is -0.325 e. The SMILES string of the molecule is CCCC(C#N)NC(=O)N1CCCC1. The quantitative estimate of drug-likeness (QED) is 0.741. The Morgan fingerprint density at radius 3 is 2.71 bits per heavy atom. The summed E-state index contributed by atoms with van der Waals surface area (Å²) in [4.78, 5) is 13.3. The number of carbonyl (C=O) groups excluding carboxylic acids is 1. The van der Waals surface area contributed by atoms with Crippen LogP contribution in [0.4, 0.5) is 4.79 Å². The van der Waals surface area contributed by atoms with Crippen LogP contribution in [0, 0.1) is 11.3 Å². The van der Waals surface area contributed by atoms with Gasteiger partial charge in [-0.15, -0.1) is 0 Å². The van der Waals surface area contributed by atoms with Crippen LogP contribution < -0.4 is 5.32 Å². The summed E-state index contributed by atoms with van der Waals surface area (Å²) in [5.41, 5.74) is 0. The number of rotatable bonds is 3. The molecule has 0 aromatic rings. The Morgan fingerprint density at radius 1 is 1.57 bits per heavy atom. The number of urea groups is 1. The molecule has 2 amide bonds. The normalized spacial score (nSPS) is 17.6. The smallest absolute Gasteiger partial charge is 0.318 e. The molecule has 78 valence electrons. The molecule has 1 atom stereocenters. The predicted molar refractivity (Wildman–Crippen MR) is 53.6 cm³/mol. The van der Waals surface area contributed by atoms with Crippen LogP contribution in [0.5, 0.6) is 0 Å². The Balaban J connectivity index is 2.34. The van der Waals surface area contributed by atoms with Crippen molar-refractivity contribution in [2.45, 2.75) is 38.6 Å². The lowest BCUT2D eigenvalue weighted by Gasteiger charge is -2.18. The van der Waals surface area contributed by atoms with Gasteiger partial charge in [-0.3, -0.25) is 0 Å². The second kappa shape index (κ2) is 5.48. The van der Waals surface area contributed by atoms with Gasteiger partial charge in [-0.25, -0.2) is 4.79 Å². The molecule has 14 heavy (non-hydrogen) atoms. The highest BCUT2D eigenvalue weighted by atomic mass is 16.2. The zero-order valence-corrected chi connectivity index (χ0v) is 8.62. The van der Waals surface area contributed by atoms with E-state index in [1.54, 1.807) is 4.90 Å². The van der Waals surface area contributed by atoms with E-state index in [0.717, 1.165) is 38.8 Å². The largest absolute Gasteiger partial charge is 0.325 e. The Bertz CT molecular complexity index is 228. The Kier molecular flexibility index (Phi) is 4.24. The van der Waals surface area contributed by atoms with E-state index >= 15 is 0 Å². The second-order valence-electron chi connectivity index (χ2n) is 3.61. The number of likely N-dealkylation sites (tertiary alicyclic amines) is 1. The first-order chi connectivity index (χ1) is 6.77. The fourth-order valence-electron chi connectivity index (χ4n) is 1.62. The van der Waals surface area contributed by atoms with Crippen LogP contribution >= 0.6 is 0 Å². The summed E-state index contributed by atoms with van der Waals surface area (Å²) in [6.45, 7) is 3.67. The van der Waals surface area contributed by atoms with Crippen LogP contribution in [0.15, 0.2) is 0 Å². The van der Waals surface area contributed by atoms with Crippen molar-refractivity contribution in [2.75, 3.05) is 13.1 Å². The number of amides is 2. The molecule has 0 bridgehead atoms. The molecule has 0 saturated carbocycles. The maximum Gasteiger partial charge on any atom is 0.318 e. The molecule has 1 aliphatic rings. The molecule has 0 aromatic heterocycles. The summed E-state index contributed by atoms with van der Waals surface area (Å²) in [5.74, 6) is 0. The number of nitrogens with one attached hydrogen (secondary N) is 1. The molecule has 1 saturated heterocycles. The van der Waals surface area contributed by atoms with E-state index in [1.165, 1.54) is 0 Å². The van der Waals surface area contributed by atoms with E-state index in [0.29, 0.717) is 0 Å². The first-order valence-electron chi connectivity index (χ1n) is 5.23. The highest BCUT2D eigenvalue weighted by Crippen LogP contribution is 2.07. The molecule has 0 aromatic carbocycles. The van der Waals surface area contributed by atoms with Gasteiger partial charge in [-0.1, -0.05) is 13.3 Å². The van der Waals surface area contributed by atoms with Gasteiger partial charge in [0.05, 0.1) is 6.07 Å². The molecule has 1 aliphatic heterocycles. The lowest BCUT2D eigenvalue weighted by molar-refractivity contribution is 0.206. The lowest BCUT2D eigenvalue weighted by Crippen LogP contribution is -2.43. The van der Waals surface area contributed by atoms with Crippen molar-refractivity contribution >= 4 is 6.03 Å². The van der Waals surface area contributed by atoms with Crippen molar-refractivity contribution in [1.29, 1.82) is 5.26 Å². The van der Waals surface area contributed by atoms with Gasteiger partial charge in [0.25, 0.3) is 0 Å². The number of carbonyl (C=O) groups is 1. The highest BCUT2D eigenvalue weighted by Gasteiger charge is 2.19. The molecule has 0 spiro atoms. The van der Waals surface area contributed by atoms with Gasteiger partial charge in [0.1, 0.15) is 6.04 Å². The molecule has 0 radical (unpaired) electrons. The molecule has 4 nitrogen and oxygen atoms in total. The molecule has 1 unspecified atom stereocenters. The Morgan fingerprint density at radius 2 is 2.21 bits per heavy atom. The van der Waals surface area contributed by atoms with Gasteiger partial charge in [0.15, 0.2) is 0 Å². The van der Waals surface area contributed by atoms with E-state index in [1.807, 2.05) is 6.92 Å². The molecular weight excluding hydrogens is 178 g/mol. The summed E-state index contributed by atoms with van der Waals surface area (Å²) in [7, 11) is 0. The van der Waals surface area contributed by atoms with Crippen LogP contribution in [0.1, 0.15) is 32.6 Å². The molecule has 0 aliphatic carbocycles. The van der Waals surface area contributed by atoms with Gasteiger partial charge < -0.3 is 10.2 Å². The first-order valence-corrected chi connectivity index (χ1v) is 5.23. The Hall–Kier alpha value is -1.24. The first kappa shape index (κ1) is 10.8. The maximum atomic E-state index is 11.6. The third-order valence-corrected chi connectivity index (χ3v) is 2.42.